The second-order valence-electron chi connectivity index (χ2n) is 6.99. The predicted octanol–water partition coefficient (Wildman–Crippen LogP) is 3.97. The Hall–Kier alpha value is -3.25. The zero-order valence-electron chi connectivity index (χ0n) is 15.7. The molecule has 0 spiro atoms. The average Bonchev–Trinajstić information content (AvgIpc) is 2.70. The van der Waals surface area contributed by atoms with Gasteiger partial charge in [0, 0.05) is 29.6 Å². The van der Waals surface area contributed by atoms with Gasteiger partial charge in [-0.2, -0.15) is 0 Å². The molecule has 6 nitrogen and oxygen atoms in total. The molecular formula is C22H18ClN3O3. The van der Waals surface area contributed by atoms with Crippen LogP contribution in [0.4, 0.5) is 5.82 Å². The predicted molar refractivity (Wildman–Crippen MR) is 111 cm³/mol. The Morgan fingerprint density at radius 3 is 2.55 bits per heavy atom. The van der Waals surface area contributed by atoms with E-state index in [4.69, 9.17) is 11.6 Å². The fraction of sp³-hybridized carbons (Fsp3) is 0.182. The molecule has 0 saturated carbocycles. The van der Waals surface area contributed by atoms with Crippen molar-refractivity contribution in [3.63, 3.8) is 0 Å². The summed E-state index contributed by atoms with van der Waals surface area (Å²) in [5.74, 6) is -0.414. The zero-order valence-corrected chi connectivity index (χ0v) is 16.5. The third-order valence-electron chi connectivity index (χ3n) is 4.93. The van der Waals surface area contributed by atoms with E-state index in [2.05, 4.69) is 10.3 Å². The van der Waals surface area contributed by atoms with Crippen molar-refractivity contribution in [2.24, 2.45) is 0 Å². The third-order valence-corrected chi connectivity index (χ3v) is 5.15. The number of fused-ring (bicyclic) bond motifs is 1. The standard InChI is InChI=1S/C22H18ClN3O3/c1-13-5-8-15(9-6-13)26-18-3-2-4-19(27)16(18)11-17(22(26)29)21(28)25-20-10-7-14(23)12-24-20/h5-12H,2-4H2,1H3,(H,24,25,28). The number of halogens is 1. The Balaban J connectivity index is 1.85. The van der Waals surface area contributed by atoms with Crippen LogP contribution in [0, 0.1) is 6.92 Å². The number of benzene rings is 1. The summed E-state index contributed by atoms with van der Waals surface area (Å²) < 4.78 is 1.48. The number of Topliss-reactive ketones (excluding diaryl/α,β-unsaturated/α-hetero) is 1. The Bertz CT molecular complexity index is 1170. The number of carbonyl (C=O) groups excluding carboxylic acids is 2. The van der Waals surface area contributed by atoms with Gasteiger partial charge in [-0.15, -0.1) is 0 Å². The van der Waals surface area contributed by atoms with Crippen LogP contribution in [0.2, 0.25) is 5.02 Å². The summed E-state index contributed by atoms with van der Waals surface area (Å²) in [4.78, 5) is 42.7. The number of pyridine rings is 2. The van der Waals surface area contributed by atoms with Crippen molar-refractivity contribution in [2.75, 3.05) is 5.32 Å². The quantitative estimate of drug-likeness (QED) is 0.712. The van der Waals surface area contributed by atoms with Crippen molar-refractivity contribution in [1.29, 1.82) is 0 Å². The lowest BCUT2D eigenvalue weighted by molar-refractivity contribution is 0.0971. The molecule has 1 amide bonds. The molecule has 1 aliphatic rings. The van der Waals surface area contributed by atoms with Crippen LogP contribution in [-0.4, -0.2) is 21.2 Å². The molecule has 0 fully saturated rings. The second kappa shape index (κ2) is 7.64. The summed E-state index contributed by atoms with van der Waals surface area (Å²) in [6.07, 6.45) is 3.08. The Labute approximate surface area is 172 Å². The van der Waals surface area contributed by atoms with Crippen molar-refractivity contribution in [2.45, 2.75) is 26.2 Å². The highest BCUT2D eigenvalue weighted by molar-refractivity contribution is 6.30. The molecule has 2 aromatic heterocycles. The van der Waals surface area contributed by atoms with Gasteiger partial charge in [0.2, 0.25) is 0 Å². The number of carbonyl (C=O) groups is 2. The lowest BCUT2D eigenvalue weighted by atomic mass is 9.92. The second-order valence-corrected chi connectivity index (χ2v) is 7.42. The van der Waals surface area contributed by atoms with Crippen LogP contribution in [0.5, 0.6) is 0 Å². The normalized spacial score (nSPS) is 13.1. The van der Waals surface area contributed by atoms with Crippen molar-refractivity contribution in [1.82, 2.24) is 9.55 Å². The first-order valence-electron chi connectivity index (χ1n) is 9.26. The van der Waals surface area contributed by atoms with Gasteiger partial charge in [0.05, 0.1) is 5.02 Å². The van der Waals surface area contributed by atoms with E-state index in [1.54, 1.807) is 12.1 Å². The number of rotatable bonds is 3. The molecule has 1 aliphatic carbocycles. The lowest BCUT2D eigenvalue weighted by Gasteiger charge is -2.21. The van der Waals surface area contributed by atoms with Crippen LogP contribution in [0.25, 0.3) is 5.69 Å². The van der Waals surface area contributed by atoms with E-state index in [9.17, 15) is 14.4 Å². The van der Waals surface area contributed by atoms with Gasteiger partial charge in [-0.1, -0.05) is 29.3 Å². The summed E-state index contributed by atoms with van der Waals surface area (Å²) >= 11 is 5.82. The monoisotopic (exact) mass is 407 g/mol. The number of amides is 1. The van der Waals surface area contributed by atoms with Crippen LogP contribution in [0.15, 0.2) is 53.5 Å². The highest BCUT2D eigenvalue weighted by atomic mass is 35.5. The first-order valence-corrected chi connectivity index (χ1v) is 9.64. The molecule has 3 aromatic rings. The van der Waals surface area contributed by atoms with E-state index in [1.165, 1.54) is 16.8 Å². The number of nitrogens with one attached hydrogen (secondary N) is 1. The van der Waals surface area contributed by atoms with E-state index in [0.29, 0.717) is 41.2 Å². The number of aryl methyl sites for hydroxylation is 1. The molecule has 146 valence electrons. The minimum atomic E-state index is -0.619. The number of aromatic nitrogens is 2. The number of hydrogen-bond acceptors (Lipinski definition) is 4. The fourth-order valence-electron chi connectivity index (χ4n) is 3.45. The maximum absolute atomic E-state index is 13.3. The van der Waals surface area contributed by atoms with Gasteiger partial charge in [0.1, 0.15) is 11.4 Å². The van der Waals surface area contributed by atoms with Gasteiger partial charge in [-0.05, 0) is 50.1 Å². The molecule has 0 unspecified atom stereocenters. The smallest absolute Gasteiger partial charge is 0.268 e. The Kier molecular flexibility index (Phi) is 5.03. The molecule has 29 heavy (non-hydrogen) atoms. The molecule has 0 atom stereocenters. The third kappa shape index (κ3) is 3.71. The van der Waals surface area contributed by atoms with Crippen LogP contribution in [-0.2, 0) is 6.42 Å². The van der Waals surface area contributed by atoms with Gasteiger partial charge >= 0.3 is 0 Å². The summed E-state index contributed by atoms with van der Waals surface area (Å²) in [6, 6.07) is 12.0. The highest BCUT2D eigenvalue weighted by Crippen LogP contribution is 2.24. The topological polar surface area (TPSA) is 81.1 Å². The molecule has 0 aliphatic heterocycles. The van der Waals surface area contributed by atoms with Gasteiger partial charge in [0.15, 0.2) is 5.78 Å². The maximum atomic E-state index is 13.3. The van der Waals surface area contributed by atoms with Crippen molar-refractivity contribution < 1.29 is 9.59 Å². The first kappa shape index (κ1) is 19.1. The van der Waals surface area contributed by atoms with Crippen LogP contribution in [0.1, 0.15) is 44.8 Å². The van der Waals surface area contributed by atoms with Crippen molar-refractivity contribution in [3.05, 3.63) is 86.4 Å². The fourth-order valence-corrected chi connectivity index (χ4v) is 3.57. The molecule has 0 radical (unpaired) electrons. The molecular weight excluding hydrogens is 390 g/mol. The van der Waals surface area contributed by atoms with Crippen LogP contribution >= 0.6 is 11.6 Å². The molecule has 1 aromatic carbocycles. The molecule has 2 heterocycles. The van der Waals surface area contributed by atoms with Crippen molar-refractivity contribution in [3.8, 4) is 5.69 Å². The number of nitrogens with zero attached hydrogens (tertiary/aromatic N) is 2. The average molecular weight is 408 g/mol. The zero-order chi connectivity index (χ0) is 20.5. The SMILES string of the molecule is Cc1ccc(-n2c3c(cc(C(=O)Nc4ccc(Cl)cn4)c2=O)C(=O)CCC3)cc1. The van der Waals surface area contributed by atoms with E-state index in [0.717, 1.165) is 5.56 Å². The van der Waals surface area contributed by atoms with E-state index in [1.807, 2.05) is 31.2 Å². The van der Waals surface area contributed by atoms with Crippen molar-refractivity contribution >= 4 is 29.1 Å². The summed E-state index contributed by atoms with van der Waals surface area (Å²) in [5.41, 5.74) is 2.19. The van der Waals surface area contributed by atoms with Crippen LogP contribution in [0.3, 0.4) is 0 Å². The van der Waals surface area contributed by atoms with Gasteiger partial charge < -0.3 is 5.32 Å². The largest absolute Gasteiger partial charge is 0.306 e. The molecule has 7 heteroatoms. The molecule has 1 N–H and O–H groups in total. The van der Waals surface area contributed by atoms with E-state index >= 15 is 0 Å². The summed E-state index contributed by atoms with van der Waals surface area (Å²) in [7, 11) is 0. The Morgan fingerprint density at radius 2 is 1.86 bits per heavy atom. The summed E-state index contributed by atoms with van der Waals surface area (Å²) in [6.45, 7) is 1.95. The number of anilines is 1. The summed E-state index contributed by atoms with van der Waals surface area (Å²) in [5, 5.41) is 3.04. The molecule has 0 bridgehead atoms. The van der Waals surface area contributed by atoms with E-state index < -0.39 is 11.5 Å². The van der Waals surface area contributed by atoms with Gasteiger partial charge in [0.25, 0.3) is 11.5 Å². The minimum absolute atomic E-state index is 0.0641. The first-order chi connectivity index (χ1) is 13.9. The minimum Gasteiger partial charge on any atom is -0.306 e. The van der Waals surface area contributed by atoms with Gasteiger partial charge in [-0.25, -0.2) is 4.98 Å². The van der Waals surface area contributed by atoms with Crippen LogP contribution < -0.4 is 10.9 Å². The molecule has 4 rings (SSSR count). The highest BCUT2D eigenvalue weighted by Gasteiger charge is 2.26. The maximum Gasteiger partial charge on any atom is 0.268 e. The number of ketones is 1. The Morgan fingerprint density at radius 1 is 1.10 bits per heavy atom. The number of hydrogen-bond donors (Lipinski definition) is 1. The van der Waals surface area contributed by atoms with Gasteiger partial charge in [-0.3, -0.25) is 19.0 Å². The lowest BCUT2D eigenvalue weighted by Crippen LogP contribution is -2.33. The molecule has 0 saturated heterocycles. The van der Waals surface area contributed by atoms with E-state index in [-0.39, 0.29) is 17.2 Å².